The second kappa shape index (κ2) is 7.83. The number of hydrogen-bond donors (Lipinski definition) is 1. The molecule has 0 amide bonds. The molecule has 1 heterocycles. The lowest BCUT2D eigenvalue weighted by molar-refractivity contribution is -0.137. The number of aliphatic hydroxyl groups is 1. The summed E-state index contributed by atoms with van der Waals surface area (Å²) in [6, 6.07) is 5.08. The summed E-state index contributed by atoms with van der Waals surface area (Å²) in [7, 11) is 1.48. The minimum atomic E-state index is -4.52. The lowest BCUT2D eigenvalue weighted by Gasteiger charge is -2.31. The van der Waals surface area contributed by atoms with Gasteiger partial charge in [-0.3, -0.25) is 4.90 Å². The van der Waals surface area contributed by atoms with Gasteiger partial charge in [0.25, 0.3) is 0 Å². The van der Waals surface area contributed by atoms with Crippen LogP contribution in [0.25, 0.3) is 0 Å². The van der Waals surface area contributed by atoms with Crippen molar-refractivity contribution in [1.29, 1.82) is 5.26 Å². The van der Waals surface area contributed by atoms with Crippen LogP contribution in [0.1, 0.15) is 11.1 Å². The zero-order chi connectivity index (χ0) is 17.7. The van der Waals surface area contributed by atoms with Crippen molar-refractivity contribution in [3.63, 3.8) is 0 Å². The minimum absolute atomic E-state index is 0.0370. The molecule has 0 aromatic heterocycles. The number of nitriles is 1. The number of alkyl halides is 3. The highest BCUT2D eigenvalue weighted by Gasteiger charge is 2.34. The number of hydrogen-bond acceptors (Lipinski definition) is 5. The van der Waals surface area contributed by atoms with Crippen LogP contribution in [0.15, 0.2) is 18.2 Å². The Kier molecular flexibility index (Phi) is 6.04. The summed E-state index contributed by atoms with van der Waals surface area (Å²) in [4.78, 5) is 3.35. The van der Waals surface area contributed by atoms with Crippen LogP contribution in [-0.2, 0) is 10.9 Å². The molecule has 8 heteroatoms. The fraction of sp³-hybridized carbons (Fsp3) is 0.562. The van der Waals surface area contributed by atoms with Crippen molar-refractivity contribution in [3.8, 4) is 6.07 Å². The summed E-state index contributed by atoms with van der Waals surface area (Å²) >= 11 is 0. The van der Waals surface area contributed by atoms with Crippen LogP contribution in [0.4, 0.5) is 18.9 Å². The van der Waals surface area contributed by atoms with Gasteiger partial charge in [0.2, 0.25) is 0 Å². The maximum absolute atomic E-state index is 13.2. The van der Waals surface area contributed by atoms with Gasteiger partial charge in [-0.2, -0.15) is 18.4 Å². The van der Waals surface area contributed by atoms with E-state index in [0.29, 0.717) is 32.8 Å². The van der Waals surface area contributed by atoms with Gasteiger partial charge in [0.1, 0.15) is 0 Å². The summed E-state index contributed by atoms with van der Waals surface area (Å²) < 4.78 is 44.7. The quantitative estimate of drug-likeness (QED) is 0.882. The van der Waals surface area contributed by atoms with Crippen LogP contribution in [0, 0.1) is 11.3 Å². The molecule has 1 unspecified atom stereocenters. The van der Waals surface area contributed by atoms with E-state index in [-0.39, 0.29) is 17.8 Å². The Balaban J connectivity index is 2.10. The molecule has 0 spiro atoms. The third-order valence-electron chi connectivity index (χ3n) is 3.90. The van der Waals surface area contributed by atoms with Gasteiger partial charge in [0.05, 0.1) is 42.2 Å². The number of morpholine rings is 1. The van der Waals surface area contributed by atoms with E-state index in [4.69, 9.17) is 10.00 Å². The van der Waals surface area contributed by atoms with Crippen molar-refractivity contribution < 1.29 is 23.0 Å². The van der Waals surface area contributed by atoms with E-state index in [0.717, 1.165) is 12.1 Å². The van der Waals surface area contributed by atoms with E-state index in [1.165, 1.54) is 18.0 Å². The molecule has 0 bridgehead atoms. The average molecular weight is 343 g/mol. The molecule has 0 saturated carbocycles. The number of halogens is 3. The number of β-amino-alcohol motifs (C(OH)–C–C–N with tert-alkyl or cyclic N) is 1. The summed E-state index contributed by atoms with van der Waals surface area (Å²) in [6.07, 6.45) is -5.33. The van der Waals surface area contributed by atoms with Crippen LogP contribution < -0.4 is 4.90 Å². The molecule has 1 aromatic carbocycles. The van der Waals surface area contributed by atoms with E-state index in [2.05, 4.69) is 0 Å². The minimum Gasteiger partial charge on any atom is -0.390 e. The number of nitrogens with zero attached hydrogens (tertiary/aromatic N) is 3. The normalized spacial score (nSPS) is 17.3. The van der Waals surface area contributed by atoms with Gasteiger partial charge in [0.15, 0.2) is 0 Å². The van der Waals surface area contributed by atoms with Crippen LogP contribution in [0.3, 0.4) is 0 Å². The molecular formula is C16H20F3N3O2. The third kappa shape index (κ3) is 4.84. The molecule has 24 heavy (non-hydrogen) atoms. The number of ether oxygens (including phenoxy) is 1. The van der Waals surface area contributed by atoms with E-state index in [1.807, 2.05) is 11.0 Å². The molecule has 1 N–H and O–H groups in total. The zero-order valence-electron chi connectivity index (χ0n) is 13.4. The topological polar surface area (TPSA) is 59.7 Å². The van der Waals surface area contributed by atoms with E-state index < -0.39 is 17.8 Å². The highest BCUT2D eigenvalue weighted by Crippen LogP contribution is 2.36. The van der Waals surface area contributed by atoms with Gasteiger partial charge < -0.3 is 14.7 Å². The molecule has 1 aliphatic rings. The van der Waals surface area contributed by atoms with Gasteiger partial charge >= 0.3 is 6.18 Å². The van der Waals surface area contributed by atoms with E-state index in [9.17, 15) is 18.3 Å². The smallest absolute Gasteiger partial charge is 0.390 e. The Morgan fingerprint density at radius 1 is 1.38 bits per heavy atom. The Morgan fingerprint density at radius 3 is 2.62 bits per heavy atom. The molecule has 132 valence electrons. The van der Waals surface area contributed by atoms with Crippen LogP contribution in [0.5, 0.6) is 0 Å². The lowest BCUT2D eigenvalue weighted by atomic mass is 10.1. The van der Waals surface area contributed by atoms with Crippen molar-refractivity contribution in [3.05, 3.63) is 29.3 Å². The van der Waals surface area contributed by atoms with Gasteiger partial charge in [0, 0.05) is 33.2 Å². The summed E-state index contributed by atoms with van der Waals surface area (Å²) in [6.45, 7) is 2.97. The Bertz CT molecular complexity index is 595. The maximum Gasteiger partial charge on any atom is 0.418 e. The van der Waals surface area contributed by atoms with E-state index in [1.54, 1.807) is 0 Å². The van der Waals surface area contributed by atoms with Gasteiger partial charge in [-0.1, -0.05) is 0 Å². The number of benzene rings is 1. The zero-order valence-corrected chi connectivity index (χ0v) is 13.4. The second-order valence-corrected chi connectivity index (χ2v) is 5.79. The third-order valence-corrected chi connectivity index (χ3v) is 3.90. The molecule has 1 aliphatic heterocycles. The Labute approximate surface area is 138 Å². The monoisotopic (exact) mass is 343 g/mol. The number of anilines is 1. The molecule has 1 aromatic rings. The SMILES string of the molecule is CN(CC(O)CN1CCOCC1)c1cc(C#N)ccc1C(F)(F)F. The highest BCUT2D eigenvalue weighted by atomic mass is 19.4. The summed E-state index contributed by atoms with van der Waals surface area (Å²) in [5.41, 5.74) is -0.780. The van der Waals surface area contributed by atoms with Crippen molar-refractivity contribution in [2.24, 2.45) is 0 Å². The fourth-order valence-electron chi connectivity index (χ4n) is 2.71. The van der Waals surface area contributed by atoms with Crippen LogP contribution in [-0.4, -0.2) is 62.6 Å². The largest absolute Gasteiger partial charge is 0.418 e. The first kappa shape index (κ1) is 18.5. The second-order valence-electron chi connectivity index (χ2n) is 5.79. The Morgan fingerprint density at radius 2 is 2.04 bits per heavy atom. The fourth-order valence-corrected chi connectivity index (χ4v) is 2.71. The van der Waals surface area contributed by atoms with Gasteiger partial charge in [-0.25, -0.2) is 0 Å². The molecule has 1 saturated heterocycles. The number of likely N-dealkylation sites (N-methyl/N-ethyl adjacent to an activating group) is 1. The van der Waals surface area contributed by atoms with Gasteiger partial charge in [-0.05, 0) is 18.2 Å². The molecule has 1 fully saturated rings. The maximum atomic E-state index is 13.2. The first-order chi connectivity index (χ1) is 11.3. The lowest BCUT2D eigenvalue weighted by Crippen LogP contribution is -2.44. The number of rotatable bonds is 5. The van der Waals surface area contributed by atoms with Gasteiger partial charge in [-0.15, -0.1) is 0 Å². The van der Waals surface area contributed by atoms with Crippen molar-refractivity contribution in [2.75, 3.05) is 51.3 Å². The molecule has 5 nitrogen and oxygen atoms in total. The molecular weight excluding hydrogens is 323 g/mol. The van der Waals surface area contributed by atoms with Crippen LogP contribution in [0.2, 0.25) is 0 Å². The van der Waals surface area contributed by atoms with Crippen molar-refractivity contribution in [1.82, 2.24) is 4.90 Å². The standard InChI is InChI=1S/C16H20F3N3O2/c1-21(10-13(23)11-22-4-6-24-7-5-22)15-8-12(9-20)2-3-14(15)16(17,18)19/h2-3,8,13,23H,4-7,10-11H2,1H3. The Hall–Kier alpha value is -1.82. The molecule has 0 aliphatic carbocycles. The van der Waals surface area contributed by atoms with E-state index >= 15 is 0 Å². The highest BCUT2D eigenvalue weighted by molar-refractivity contribution is 5.58. The predicted molar refractivity (Wildman–Crippen MR) is 82.7 cm³/mol. The predicted octanol–water partition coefficient (Wildman–Crippen LogP) is 1.71. The number of aliphatic hydroxyl groups excluding tert-OH is 1. The van der Waals surface area contributed by atoms with Crippen molar-refractivity contribution in [2.45, 2.75) is 12.3 Å². The molecule has 1 atom stereocenters. The summed E-state index contributed by atoms with van der Waals surface area (Å²) in [5, 5.41) is 19.1. The molecule has 0 radical (unpaired) electrons. The summed E-state index contributed by atoms with van der Waals surface area (Å²) in [5.74, 6) is 0. The first-order valence-electron chi connectivity index (χ1n) is 7.62. The molecule has 2 rings (SSSR count). The first-order valence-corrected chi connectivity index (χ1v) is 7.62. The average Bonchev–Trinajstić information content (AvgIpc) is 2.54. The van der Waals surface area contributed by atoms with Crippen molar-refractivity contribution >= 4 is 5.69 Å². The van der Waals surface area contributed by atoms with Crippen LogP contribution >= 0.6 is 0 Å².